The van der Waals surface area contributed by atoms with Gasteiger partial charge >= 0.3 is 0 Å². The predicted molar refractivity (Wildman–Crippen MR) is 67.7 cm³/mol. The van der Waals surface area contributed by atoms with E-state index in [-0.39, 0.29) is 10.9 Å². The van der Waals surface area contributed by atoms with Gasteiger partial charge in [0.05, 0.1) is 4.90 Å². The molecular weight excluding hydrogens is 260 g/mol. The van der Waals surface area contributed by atoms with Crippen LogP contribution in [0.2, 0.25) is 5.02 Å². The van der Waals surface area contributed by atoms with Crippen LogP contribution >= 0.6 is 11.6 Å². The molecule has 0 amide bonds. The van der Waals surface area contributed by atoms with Gasteiger partial charge in [-0.25, -0.2) is 13.1 Å². The van der Waals surface area contributed by atoms with Crippen LogP contribution in [0, 0.1) is 0 Å². The monoisotopic (exact) mass is 274 g/mol. The van der Waals surface area contributed by atoms with Crippen molar-refractivity contribution in [2.75, 3.05) is 13.1 Å². The van der Waals surface area contributed by atoms with Gasteiger partial charge in [0.15, 0.2) is 0 Å². The van der Waals surface area contributed by atoms with E-state index >= 15 is 0 Å². The van der Waals surface area contributed by atoms with Crippen LogP contribution in [0.3, 0.4) is 0 Å². The Hall–Kier alpha value is -0.620. The molecule has 1 aliphatic heterocycles. The second-order valence-corrected chi connectivity index (χ2v) is 6.25. The van der Waals surface area contributed by atoms with Gasteiger partial charge in [-0.05, 0) is 44.1 Å². The number of rotatable bonds is 3. The lowest BCUT2D eigenvalue weighted by Gasteiger charge is -2.23. The Bertz CT molecular complexity index is 484. The van der Waals surface area contributed by atoms with E-state index in [2.05, 4.69) is 10.0 Å². The second-order valence-electron chi connectivity index (χ2n) is 4.10. The molecule has 0 atom stereocenters. The molecule has 0 spiro atoms. The molecule has 17 heavy (non-hydrogen) atoms. The average molecular weight is 275 g/mol. The van der Waals surface area contributed by atoms with Gasteiger partial charge in [0, 0.05) is 11.1 Å². The zero-order valence-electron chi connectivity index (χ0n) is 9.32. The van der Waals surface area contributed by atoms with E-state index in [9.17, 15) is 8.42 Å². The summed E-state index contributed by atoms with van der Waals surface area (Å²) in [6, 6.07) is 6.32. The largest absolute Gasteiger partial charge is 0.317 e. The van der Waals surface area contributed by atoms with E-state index in [0.29, 0.717) is 5.02 Å². The molecule has 1 fully saturated rings. The molecule has 94 valence electrons. The average Bonchev–Trinajstić information content (AvgIpc) is 2.30. The Morgan fingerprint density at radius 2 is 2.00 bits per heavy atom. The summed E-state index contributed by atoms with van der Waals surface area (Å²) in [6.07, 6.45) is 1.64. The molecule has 1 aromatic carbocycles. The van der Waals surface area contributed by atoms with Gasteiger partial charge < -0.3 is 5.32 Å². The molecule has 1 aliphatic rings. The van der Waals surface area contributed by atoms with Gasteiger partial charge in [-0.15, -0.1) is 0 Å². The normalized spacial score (nSPS) is 18.2. The molecule has 0 saturated carbocycles. The molecule has 0 aliphatic carbocycles. The van der Waals surface area contributed by atoms with Crippen LogP contribution < -0.4 is 10.0 Å². The molecule has 0 radical (unpaired) electrons. The summed E-state index contributed by atoms with van der Waals surface area (Å²) in [5.74, 6) is 0. The fourth-order valence-corrected chi connectivity index (χ4v) is 3.47. The number of halogens is 1. The minimum atomic E-state index is -3.44. The zero-order valence-corrected chi connectivity index (χ0v) is 10.9. The molecule has 1 saturated heterocycles. The van der Waals surface area contributed by atoms with Crippen molar-refractivity contribution >= 4 is 21.6 Å². The maximum absolute atomic E-state index is 12.1. The quantitative estimate of drug-likeness (QED) is 0.875. The van der Waals surface area contributed by atoms with Gasteiger partial charge in [0.2, 0.25) is 10.0 Å². The first-order valence-electron chi connectivity index (χ1n) is 5.56. The minimum absolute atomic E-state index is 0.0141. The van der Waals surface area contributed by atoms with Crippen molar-refractivity contribution in [3.05, 3.63) is 29.3 Å². The smallest absolute Gasteiger partial charge is 0.240 e. The van der Waals surface area contributed by atoms with Crippen LogP contribution in [0.25, 0.3) is 0 Å². The number of nitrogens with one attached hydrogen (secondary N) is 2. The van der Waals surface area contributed by atoms with Crippen LogP contribution in [0.15, 0.2) is 29.2 Å². The summed E-state index contributed by atoms with van der Waals surface area (Å²) in [6.45, 7) is 1.70. The molecule has 4 nitrogen and oxygen atoms in total. The number of piperidine rings is 1. The maximum Gasteiger partial charge on any atom is 0.240 e. The third-order valence-corrected chi connectivity index (χ3v) is 4.52. The highest BCUT2D eigenvalue weighted by Crippen LogP contribution is 2.16. The van der Waals surface area contributed by atoms with E-state index in [1.807, 2.05) is 0 Å². The zero-order chi connectivity index (χ0) is 12.3. The Morgan fingerprint density at radius 1 is 1.29 bits per heavy atom. The van der Waals surface area contributed by atoms with Gasteiger partial charge in [-0.1, -0.05) is 17.7 Å². The summed E-state index contributed by atoms with van der Waals surface area (Å²) < 4.78 is 26.8. The number of hydrogen-bond acceptors (Lipinski definition) is 3. The van der Waals surface area contributed by atoms with Crippen molar-refractivity contribution in [2.45, 2.75) is 23.8 Å². The molecule has 1 heterocycles. The van der Waals surface area contributed by atoms with Crippen LogP contribution in [0.5, 0.6) is 0 Å². The third-order valence-electron chi connectivity index (χ3n) is 2.77. The van der Waals surface area contributed by atoms with E-state index in [1.165, 1.54) is 6.07 Å². The molecule has 0 aromatic heterocycles. The van der Waals surface area contributed by atoms with Crippen molar-refractivity contribution in [3.63, 3.8) is 0 Å². The molecule has 2 N–H and O–H groups in total. The highest BCUT2D eigenvalue weighted by Gasteiger charge is 2.21. The fourth-order valence-electron chi connectivity index (χ4n) is 1.86. The number of hydrogen-bond donors (Lipinski definition) is 2. The summed E-state index contributed by atoms with van der Waals surface area (Å²) >= 11 is 5.79. The highest BCUT2D eigenvalue weighted by molar-refractivity contribution is 7.89. The summed E-state index contributed by atoms with van der Waals surface area (Å²) in [4.78, 5) is 0.225. The Balaban J connectivity index is 2.13. The summed E-state index contributed by atoms with van der Waals surface area (Å²) in [7, 11) is -3.44. The van der Waals surface area contributed by atoms with E-state index in [1.54, 1.807) is 18.2 Å². The Morgan fingerprint density at radius 3 is 2.65 bits per heavy atom. The predicted octanol–water partition coefficient (Wildman–Crippen LogP) is 1.37. The van der Waals surface area contributed by atoms with Gasteiger partial charge in [-0.2, -0.15) is 0 Å². The van der Waals surface area contributed by atoms with E-state index < -0.39 is 10.0 Å². The lowest BCUT2D eigenvalue weighted by molar-refractivity contribution is 0.427. The van der Waals surface area contributed by atoms with Crippen molar-refractivity contribution in [3.8, 4) is 0 Å². The maximum atomic E-state index is 12.1. The first kappa shape index (κ1) is 12.8. The standard InChI is InChI=1S/C11H15ClN2O2S/c12-9-2-1-3-11(8-9)17(15,16)14-10-4-6-13-7-5-10/h1-3,8,10,13-14H,4-7H2. The number of benzene rings is 1. The van der Waals surface area contributed by atoms with Gasteiger partial charge in [0.1, 0.15) is 0 Å². The lowest BCUT2D eigenvalue weighted by atomic mass is 10.1. The van der Waals surface area contributed by atoms with Crippen LogP contribution in [0.4, 0.5) is 0 Å². The van der Waals surface area contributed by atoms with Crippen molar-refractivity contribution in [2.24, 2.45) is 0 Å². The topological polar surface area (TPSA) is 58.2 Å². The molecule has 0 bridgehead atoms. The molecule has 2 rings (SSSR count). The minimum Gasteiger partial charge on any atom is -0.317 e. The van der Waals surface area contributed by atoms with Crippen LogP contribution in [-0.2, 0) is 10.0 Å². The molecular formula is C11H15ClN2O2S. The van der Waals surface area contributed by atoms with Gasteiger partial charge in [0.25, 0.3) is 0 Å². The van der Waals surface area contributed by atoms with Crippen molar-refractivity contribution in [1.29, 1.82) is 0 Å². The molecule has 1 aromatic rings. The highest BCUT2D eigenvalue weighted by atomic mass is 35.5. The van der Waals surface area contributed by atoms with E-state index in [4.69, 9.17) is 11.6 Å². The van der Waals surface area contributed by atoms with Crippen molar-refractivity contribution < 1.29 is 8.42 Å². The fraction of sp³-hybridized carbons (Fsp3) is 0.455. The van der Waals surface area contributed by atoms with Gasteiger partial charge in [-0.3, -0.25) is 0 Å². The Labute approximate surface area is 106 Å². The third kappa shape index (κ3) is 3.42. The second kappa shape index (κ2) is 5.35. The van der Waals surface area contributed by atoms with Crippen LogP contribution in [-0.4, -0.2) is 27.5 Å². The summed E-state index contributed by atoms with van der Waals surface area (Å²) in [5.41, 5.74) is 0. The Kier molecular flexibility index (Phi) is 4.04. The summed E-state index contributed by atoms with van der Waals surface area (Å²) in [5, 5.41) is 3.62. The lowest BCUT2D eigenvalue weighted by Crippen LogP contribution is -2.42. The van der Waals surface area contributed by atoms with Crippen LogP contribution in [0.1, 0.15) is 12.8 Å². The number of sulfonamides is 1. The van der Waals surface area contributed by atoms with E-state index in [0.717, 1.165) is 25.9 Å². The first-order valence-corrected chi connectivity index (χ1v) is 7.43. The van der Waals surface area contributed by atoms with Crippen molar-refractivity contribution in [1.82, 2.24) is 10.0 Å². The molecule has 0 unspecified atom stereocenters. The first-order chi connectivity index (χ1) is 8.08. The molecule has 6 heteroatoms. The SMILES string of the molecule is O=S(=O)(NC1CCNCC1)c1cccc(Cl)c1.